The van der Waals surface area contributed by atoms with E-state index in [1.165, 1.54) is 0 Å². The maximum absolute atomic E-state index is 10.6. The van der Waals surface area contributed by atoms with Crippen LogP contribution in [0.2, 0.25) is 0 Å². The smallest absolute Gasteiger partial charge is 0.303 e. The molecule has 1 heterocycles. The number of carbonyl (C=O) groups is 1. The quantitative estimate of drug-likeness (QED) is 0.776. The Morgan fingerprint density at radius 3 is 2.87 bits per heavy atom. The lowest BCUT2D eigenvalue weighted by molar-refractivity contribution is -0.139. The van der Waals surface area contributed by atoms with Gasteiger partial charge < -0.3 is 10.4 Å². The Morgan fingerprint density at radius 2 is 2.33 bits per heavy atom. The Hall–Kier alpha value is -1.58. The highest BCUT2D eigenvalue weighted by atomic mass is 16.4. The molecular weight excluding hydrogens is 192 g/mol. The van der Waals surface area contributed by atoms with Gasteiger partial charge in [-0.2, -0.15) is 0 Å². The van der Waals surface area contributed by atoms with Gasteiger partial charge in [0.25, 0.3) is 0 Å². The van der Waals surface area contributed by atoms with Gasteiger partial charge in [-0.1, -0.05) is 13.8 Å². The molecule has 0 saturated carbocycles. The summed E-state index contributed by atoms with van der Waals surface area (Å²) < 4.78 is 0. The molecule has 0 atom stereocenters. The molecule has 0 spiro atoms. The summed E-state index contributed by atoms with van der Waals surface area (Å²) in [6.07, 6.45) is 3.57. The first-order chi connectivity index (χ1) is 6.99. The predicted molar refractivity (Wildman–Crippen MR) is 58.8 cm³/mol. The molecule has 0 amide bonds. The first kappa shape index (κ1) is 11.5. The zero-order chi connectivity index (χ0) is 11.3. The van der Waals surface area contributed by atoms with E-state index < -0.39 is 5.97 Å². The maximum atomic E-state index is 10.6. The molecule has 0 saturated heterocycles. The van der Waals surface area contributed by atoms with Crippen LogP contribution in [-0.4, -0.2) is 22.6 Å². The normalized spacial score (nSPS) is 11.1. The second kappa shape index (κ2) is 4.77. The Balaban J connectivity index is 2.46. The summed E-state index contributed by atoms with van der Waals surface area (Å²) in [5.41, 5.74) is 0.651. The van der Waals surface area contributed by atoms with E-state index in [2.05, 4.69) is 10.3 Å². The fourth-order valence-corrected chi connectivity index (χ4v) is 1.28. The largest absolute Gasteiger partial charge is 0.481 e. The zero-order valence-electron chi connectivity index (χ0n) is 9.03. The van der Waals surface area contributed by atoms with E-state index >= 15 is 0 Å². The van der Waals surface area contributed by atoms with Crippen molar-refractivity contribution >= 4 is 11.7 Å². The number of anilines is 1. The monoisotopic (exact) mass is 208 g/mol. The van der Waals surface area contributed by atoms with Crippen molar-refractivity contribution in [2.75, 3.05) is 11.9 Å². The van der Waals surface area contributed by atoms with E-state index in [4.69, 9.17) is 5.11 Å². The number of aromatic nitrogens is 1. The minimum absolute atomic E-state index is 0.153. The van der Waals surface area contributed by atoms with E-state index in [1.54, 1.807) is 12.4 Å². The van der Waals surface area contributed by atoms with Crippen molar-refractivity contribution < 1.29 is 9.90 Å². The molecule has 2 N–H and O–H groups in total. The lowest BCUT2D eigenvalue weighted by Gasteiger charge is -2.23. The lowest BCUT2D eigenvalue weighted by Crippen LogP contribution is -2.26. The average molecular weight is 208 g/mol. The molecule has 1 aromatic rings. The van der Waals surface area contributed by atoms with Gasteiger partial charge in [0.2, 0.25) is 0 Å². The first-order valence-electron chi connectivity index (χ1n) is 4.85. The SMILES string of the molecule is CC(C)(CNc1cccnc1)CC(=O)O. The van der Waals surface area contributed by atoms with Crippen LogP contribution in [0.25, 0.3) is 0 Å². The number of hydrogen-bond donors (Lipinski definition) is 2. The summed E-state index contributed by atoms with van der Waals surface area (Å²) in [5.74, 6) is -0.770. The van der Waals surface area contributed by atoms with E-state index in [9.17, 15) is 4.79 Å². The Bertz CT molecular complexity index is 323. The van der Waals surface area contributed by atoms with Crippen LogP contribution < -0.4 is 5.32 Å². The van der Waals surface area contributed by atoms with Crippen LogP contribution in [-0.2, 0) is 4.79 Å². The molecule has 1 rings (SSSR count). The minimum Gasteiger partial charge on any atom is -0.481 e. The second-order valence-corrected chi connectivity index (χ2v) is 4.33. The van der Waals surface area contributed by atoms with Crippen LogP contribution in [0.3, 0.4) is 0 Å². The number of carboxylic acids is 1. The van der Waals surface area contributed by atoms with Gasteiger partial charge in [-0.3, -0.25) is 9.78 Å². The number of hydrogen-bond acceptors (Lipinski definition) is 3. The topological polar surface area (TPSA) is 62.2 Å². The Morgan fingerprint density at radius 1 is 1.60 bits per heavy atom. The summed E-state index contributed by atoms with van der Waals surface area (Å²) in [4.78, 5) is 14.6. The van der Waals surface area contributed by atoms with E-state index in [1.807, 2.05) is 26.0 Å². The van der Waals surface area contributed by atoms with E-state index in [0.29, 0.717) is 6.54 Å². The standard InChI is InChI=1S/C11H16N2O2/c1-11(2,6-10(14)15)8-13-9-4-3-5-12-7-9/h3-5,7,13H,6,8H2,1-2H3,(H,14,15). The van der Waals surface area contributed by atoms with Crippen LogP contribution in [0.5, 0.6) is 0 Å². The van der Waals surface area contributed by atoms with Gasteiger partial charge in [0.1, 0.15) is 0 Å². The van der Waals surface area contributed by atoms with Crippen LogP contribution >= 0.6 is 0 Å². The third kappa shape index (κ3) is 4.44. The van der Waals surface area contributed by atoms with Gasteiger partial charge in [-0.05, 0) is 17.5 Å². The second-order valence-electron chi connectivity index (χ2n) is 4.33. The summed E-state index contributed by atoms with van der Waals surface area (Å²) in [5, 5.41) is 11.9. The fraction of sp³-hybridized carbons (Fsp3) is 0.455. The fourth-order valence-electron chi connectivity index (χ4n) is 1.28. The van der Waals surface area contributed by atoms with Crippen molar-refractivity contribution in [3.8, 4) is 0 Å². The van der Waals surface area contributed by atoms with Crippen molar-refractivity contribution in [1.82, 2.24) is 4.98 Å². The molecule has 0 aliphatic rings. The van der Waals surface area contributed by atoms with Crippen LogP contribution in [0.4, 0.5) is 5.69 Å². The summed E-state index contributed by atoms with van der Waals surface area (Å²) in [6.45, 7) is 4.46. The molecule has 4 heteroatoms. The van der Waals surface area contributed by atoms with Crippen LogP contribution in [0.1, 0.15) is 20.3 Å². The molecule has 1 aromatic heterocycles. The van der Waals surface area contributed by atoms with Crippen molar-refractivity contribution in [3.05, 3.63) is 24.5 Å². The lowest BCUT2D eigenvalue weighted by atomic mass is 9.89. The Kier molecular flexibility index (Phi) is 3.66. The average Bonchev–Trinajstić information content (AvgIpc) is 2.15. The van der Waals surface area contributed by atoms with Gasteiger partial charge in [0, 0.05) is 18.9 Å². The van der Waals surface area contributed by atoms with Crippen molar-refractivity contribution in [2.45, 2.75) is 20.3 Å². The third-order valence-corrected chi connectivity index (χ3v) is 2.06. The molecular formula is C11H16N2O2. The zero-order valence-corrected chi connectivity index (χ0v) is 9.03. The molecule has 0 unspecified atom stereocenters. The van der Waals surface area contributed by atoms with Gasteiger partial charge in [0.05, 0.1) is 12.1 Å². The van der Waals surface area contributed by atoms with Crippen molar-refractivity contribution in [3.63, 3.8) is 0 Å². The van der Waals surface area contributed by atoms with E-state index in [-0.39, 0.29) is 11.8 Å². The molecule has 0 aliphatic carbocycles. The summed E-state index contributed by atoms with van der Waals surface area (Å²) >= 11 is 0. The number of carboxylic acid groups (broad SMARTS) is 1. The molecule has 0 aliphatic heterocycles. The molecule has 0 radical (unpaired) electrons. The predicted octanol–water partition coefficient (Wildman–Crippen LogP) is 1.99. The highest BCUT2D eigenvalue weighted by molar-refractivity contribution is 5.67. The van der Waals surface area contributed by atoms with Crippen LogP contribution in [0, 0.1) is 5.41 Å². The molecule has 0 fully saturated rings. The first-order valence-corrected chi connectivity index (χ1v) is 4.85. The number of rotatable bonds is 5. The van der Waals surface area contributed by atoms with Gasteiger partial charge in [-0.25, -0.2) is 0 Å². The number of nitrogens with one attached hydrogen (secondary N) is 1. The minimum atomic E-state index is -0.770. The highest BCUT2D eigenvalue weighted by Gasteiger charge is 2.21. The third-order valence-electron chi connectivity index (χ3n) is 2.06. The maximum Gasteiger partial charge on any atom is 0.303 e. The van der Waals surface area contributed by atoms with Crippen molar-refractivity contribution in [1.29, 1.82) is 0 Å². The van der Waals surface area contributed by atoms with E-state index in [0.717, 1.165) is 5.69 Å². The molecule has 15 heavy (non-hydrogen) atoms. The number of pyridine rings is 1. The molecule has 0 aromatic carbocycles. The molecule has 0 bridgehead atoms. The van der Waals surface area contributed by atoms with Gasteiger partial charge in [-0.15, -0.1) is 0 Å². The molecule has 82 valence electrons. The Labute approximate surface area is 89.3 Å². The van der Waals surface area contributed by atoms with Crippen LogP contribution in [0.15, 0.2) is 24.5 Å². The number of nitrogens with zero attached hydrogens (tertiary/aromatic N) is 1. The highest BCUT2D eigenvalue weighted by Crippen LogP contribution is 2.20. The number of aliphatic carboxylic acids is 1. The van der Waals surface area contributed by atoms with Gasteiger partial charge >= 0.3 is 5.97 Å². The molecule has 4 nitrogen and oxygen atoms in total. The summed E-state index contributed by atoms with van der Waals surface area (Å²) in [6, 6.07) is 3.75. The summed E-state index contributed by atoms with van der Waals surface area (Å²) in [7, 11) is 0. The van der Waals surface area contributed by atoms with Gasteiger partial charge in [0.15, 0.2) is 0 Å². The van der Waals surface area contributed by atoms with Crippen molar-refractivity contribution in [2.24, 2.45) is 5.41 Å².